The van der Waals surface area contributed by atoms with Gasteiger partial charge in [0.1, 0.15) is 30.5 Å². The molecule has 0 saturated carbocycles. The molecule has 1 saturated heterocycles. The quantitative estimate of drug-likeness (QED) is 0.212. The predicted octanol–water partition coefficient (Wildman–Crippen LogP) is 5.91. The molecule has 1 fully saturated rings. The van der Waals surface area contributed by atoms with E-state index in [0.717, 1.165) is 54.4 Å². The molecule has 6 nitrogen and oxygen atoms in total. The molecule has 0 aromatic heterocycles. The van der Waals surface area contributed by atoms with Crippen LogP contribution >= 0.6 is 0 Å². The van der Waals surface area contributed by atoms with Gasteiger partial charge in [0.05, 0.1) is 13.2 Å². The van der Waals surface area contributed by atoms with Crippen LogP contribution in [0, 0.1) is 0 Å². The second-order valence-electron chi connectivity index (χ2n) is 10.0. The van der Waals surface area contributed by atoms with Crippen LogP contribution < -0.4 is 0 Å². The maximum Gasteiger partial charge on any atom is 0.210 e. The lowest BCUT2D eigenvalue weighted by molar-refractivity contribution is -0.223. The van der Waals surface area contributed by atoms with Crippen molar-refractivity contribution in [3.8, 4) is 0 Å². The Bertz CT molecular complexity index is 551. The largest absolute Gasteiger partial charge is 0.409 e. The molecule has 0 radical (unpaired) electrons. The molecule has 2 N–H and O–H groups in total. The van der Waals surface area contributed by atoms with Crippen LogP contribution in [-0.2, 0) is 18.0 Å². The van der Waals surface area contributed by atoms with E-state index in [4.69, 9.17) is 24.6 Å². The van der Waals surface area contributed by atoms with E-state index >= 15 is 0 Å². The molecule has 0 aliphatic carbocycles. The molecule has 1 aliphatic rings. The summed E-state index contributed by atoms with van der Waals surface area (Å²) in [5, 5.41) is 15.3. The highest BCUT2D eigenvalue weighted by Gasteiger charge is 2.53. The summed E-state index contributed by atoms with van der Waals surface area (Å²) in [4.78, 5) is 0. The van der Waals surface area contributed by atoms with Crippen LogP contribution in [-0.4, -0.2) is 80.3 Å². The second kappa shape index (κ2) is 15.0. The molecule has 1 heterocycles. The Morgan fingerprint density at radius 3 is 1.12 bits per heavy atom. The SMILES string of the molecule is [2H]OC[C@@H]1O[C@H](CO)[C@H](O[Si](CC)(CC)CC)[C@H](O[Si](CC)(CC)CC)[C@H]1O[Si](CC)(CC)CC. The number of aliphatic hydroxyl groups excluding tert-OH is 2. The van der Waals surface area contributed by atoms with Gasteiger partial charge in [0.15, 0.2) is 25.0 Å². The summed E-state index contributed by atoms with van der Waals surface area (Å²) in [5.74, 6) is 0. The van der Waals surface area contributed by atoms with Gasteiger partial charge in [0.25, 0.3) is 0 Å². The summed E-state index contributed by atoms with van der Waals surface area (Å²) in [6.45, 7) is 20.0. The van der Waals surface area contributed by atoms with E-state index in [2.05, 4.69) is 62.3 Å². The highest BCUT2D eigenvalue weighted by Crippen LogP contribution is 2.38. The Hall–Kier alpha value is 0.411. The van der Waals surface area contributed by atoms with Crippen LogP contribution in [0.3, 0.4) is 0 Å². The van der Waals surface area contributed by atoms with Gasteiger partial charge in [-0.25, -0.2) is 0 Å². The van der Waals surface area contributed by atoms with E-state index in [-0.39, 0.29) is 31.5 Å². The fourth-order valence-electron chi connectivity index (χ4n) is 5.56. The Balaban J connectivity index is 3.68. The summed E-state index contributed by atoms with van der Waals surface area (Å²) in [6.07, 6.45) is -2.07. The van der Waals surface area contributed by atoms with Gasteiger partial charge < -0.3 is 28.2 Å². The topological polar surface area (TPSA) is 77.4 Å². The van der Waals surface area contributed by atoms with Gasteiger partial charge >= 0.3 is 0 Å². The Morgan fingerprint density at radius 2 is 0.853 bits per heavy atom. The van der Waals surface area contributed by atoms with Crippen molar-refractivity contribution in [2.24, 2.45) is 0 Å². The zero-order valence-electron chi connectivity index (χ0n) is 24.7. The Kier molecular flexibility index (Phi) is 13.5. The monoisotopic (exact) mass is 537 g/mol. The first-order valence-corrected chi connectivity index (χ1v) is 21.7. The molecule has 9 heteroatoms. The molecular formula is C25H56O6Si3. The van der Waals surface area contributed by atoms with Crippen molar-refractivity contribution >= 4 is 25.0 Å². The van der Waals surface area contributed by atoms with Crippen molar-refractivity contribution in [3.05, 3.63) is 0 Å². The minimum Gasteiger partial charge on any atom is -0.409 e. The first kappa shape index (κ1) is 30.6. The van der Waals surface area contributed by atoms with E-state index in [1.165, 1.54) is 0 Å². The van der Waals surface area contributed by atoms with Crippen molar-refractivity contribution in [2.45, 2.75) is 147 Å². The lowest BCUT2D eigenvalue weighted by Crippen LogP contribution is -2.67. The summed E-state index contributed by atoms with van der Waals surface area (Å²) >= 11 is 0. The van der Waals surface area contributed by atoms with Crippen LogP contribution in [0.1, 0.15) is 62.3 Å². The van der Waals surface area contributed by atoms with Crippen molar-refractivity contribution < 1.29 is 28.2 Å². The third-order valence-corrected chi connectivity index (χ3v) is 22.9. The Labute approximate surface area is 215 Å². The molecule has 0 unspecified atom stereocenters. The molecule has 5 atom stereocenters. The Morgan fingerprint density at radius 1 is 0.559 bits per heavy atom. The van der Waals surface area contributed by atoms with Crippen LogP contribution in [0.5, 0.6) is 0 Å². The summed E-state index contributed by atoms with van der Waals surface area (Å²) in [6, 6.07) is 9.17. The van der Waals surface area contributed by atoms with Gasteiger partial charge in [-0.05, 0) is 54.4 Å². The van der Waals surface area contributed by atoms with E-state index < -0.39 is 37.2 Å². The van der Waals surface area contributed by atoms with E-state index in [9.17, 15) is 5.11 Å². The molecule has 0 aromatic carbocycles. The number of hydrogen-bond acceptors (Lipinski definition) is 6. The maximum absolute atomic E-state index is 10.5. The van der Waals surface area contributed by atoms with Gasteiger partial charge in [-0.1, -0.05) is 62.3 Å². The van der Waals surface area contributed by atoms with E-state index in [1.807, 2.05) is 0 Å². The van der Waals surface area contributed by atoms with Gasteiger partial charge in [-0.15, -0.1) is 0 Å². The first-order chi connectivity index (χ1) is 16.7. The standard InChI is InChI=1S/C25H56O6Si3/c1-10-32(11-2,12-3)29-23-21(19-26)28-22(20-27)24(30-33(13-4,14-5)15-6)25(23)31-34(16-7,17-8)18-9/h21-27H,10-20H2,1-9H3/t21-,22+,23-,24-,25+/m0/s1/i26D. The summed E-state index contributed by atoms with van der Waals surface area (Å²) in [5.41, 5.74) is 0. The lowest BCUT2D eigenvalue weighted by Gasteiger charge is -2.52. The maximum atomic E-state index is 10.5. The van der Waals surface area contributed by atoms with Crippen LogP contribution in [0.25, 0.3) is 0 Å². The van der Waals surface area contributed by atoms with Gasteiger partial charge in [0.2, 0.25) is 1.43 Å². The summed E-state index contributed by atoms with van der Waals surface area (Å²) in [7, 11) is -6.12. The van der Waals surface area contributed by atoms with Crippen LogP contribution in [0.2, 0.25) is 54.4 Å². The van der Waals surface area contributed by atoms with Crippen molar-refractivity contribution in [1.29, 1.82) is 1.43 Å². The molecule has 34 heavy (non-hydrogen) atoms. The number of aliphatic hydroxyl groups is 2. The molecule has 1 aliphatic heterocycles. The second-order valence-corrected chi connectivity index (χ2v) is 24.2. The molecular weight excluding hydrogens is 481 g/mol. The highest BCUT2D eigenvalue weighted by molar-refractivity contribution is 6.74. The molecule has 204 valence electrons. The number of hydrogen-bond donors (Lipinski definition) is 2. The number of ether oxygens (including phenoxy) is 1. The smallest absolute Gasteiger partial charge is 0.210 e. The number of rotatable bonds is 18. The summed E-state index contributed by atoms with van der Waals surface area (Å²) < 4.78 is 35.4. The fraction of sp³-hybridized carbons (Fsp3) is 1.00. The van der Waals surface area contributed by atoms with Crippen molar-refractivity contribution in [2.75, 3.05) is 13.2 Å². The molecule has 1 rings (SSSR count). The molecule has 0 amide bonds. The average molecular weight is 538 g/mol. The van der Waals surface area contributed by atoms with E-state index in [1.54, 1.807) is 0 Å². The van der Waals surface area contributed by atoms with Gasteiger partial charge in [0, 0.05) is 0 Å². The lowest BCUT2D eigenvalue weighted by atomic mass is 9.95. The van der Waals surface area contributed by atoms with Crippen molar-refractivity contribution in [1.82, 2.24) is 0 Å². The minimum absolute atomic E-state index is 0.0895. The third-order valence-electron chi connectivity index (χ3n) is 9.03. The zero-order valence-corrected chi connectivity index (χ0v) is 26.7. The van der Waals surface area contributed by atoms with E-state index in [0.29, 0.717) is 0 Å². The van der Waals surface area contributed by atoms with Crippen LogP contribution in [0.4, 0.5) is 0 Å². The van der Waals surface area contributed by atoms with Gasteiger partial charge in [-0.2, -0.15) is 0 Å². The average Bonchev–Trinajstić information content (AvgIpc) is 2.91. The van der Waals surface area contributed by atoms with Gasteiger partial charge in [-0.3, -0.25) is 0 Å². The predicted molar refractivity (Wildman–Crippen MR) is 149 cm³/mol. The molecule has 0 aromatic rings. The molecule has 0 bridgehead atoms. The first-order valence-electron chi connectivity index (χ1n) is 14.5. The molecule has 0 spiro atoms. The fourth-order valence-corrected chi connectivity index (χ4v) is 14.1. The minimum atomic E-state index is -2.05. The van der Waals surface area contributed by atoms with Crippen molar-refractivity contribution in [3.63, 3.8) is 0 Å². The normalized spacial score (nSPS) is 27.1. The highest BCUT2D eigenvalue weighted by atomic mass is 28.4. The zero-order chi connectivity index (χ0) is 26.7. The van der Waals surface area contributed by atoms with Crippen LogP contribution in [0.15, 0.2) is 0 Å². The third kappa shape index (κ3) is 7.25.